The predicted octanol–water partition coefficient (Wildman–Crippen LogP) is 15.2. The molecule has 4 aromatic rings. The van der Waals surface area contributed by atoms with Crippen molar-refractivity contribution in [3.8, 4) is 34.5 Å². The van der Waals surface area contributed by atoms with E-state index in [0.717, 1.165) is 150 Å². The molecule has 4 rings (SSSR count). The Bertz CT molecular complexity index is 1850. The number of unbranched alkanes of at least 4 members (excludes halogenated alkanes) is 16. The van der Waals surface area contributed by atoms with Crippen molar-refractivity contribution in [3.05, 3.63) is 36.4 Å². The SMILES string of the molecule is CCCCCCOc1cc(OCCCCNC(=S)NC)c2c(c1)c1cc(OCCCCCC)c(OCCCCCC)cc1c1cc(OCCCCCC)c(OCCCCCC)cc12. The molecule has 0 radical (unpaired) electrons. The molecule has 0 saturated carbocycles. The van der Waals surface area contributed by atoms with E-state index in [2.05, 4.69) is 81.7 Å². The second kappa shape index (κ2) is 31.1. The average Bonchev–Trinajstić information content (AvgIpc) is 3.29. The fraction of sp³-hybridized carbons (Fsp3) is 0.648. The van der Waals surface area contributed by atoms with Crippen LogP contribution in [0.3, 0.4) is 0 Å². The minimum atomic E-state index is 0.555. The van der Waals surface area contributed by atoms with E-state index in [0.29, 0.717) is 44.8 Å². The molecule has 2 N–H and O–H groups in total. The first-order chi connectivity index (χ1) is 31.0. The van der Waals surface area contributed by atoms with Crippen molar-refractivity contribution in [1.29, 1.82) is 0 Å². The van der Waals surface area contributed by atoms with Gasteiger partial charge in [0, 0.05) is 25.0 Å². The third-order valence-electron chi connectivity index (χ3n) is 11.7. The topological polar surface area (TPSA) is 79.4 Å². The first kappa shape index (κ1) is 51.8. The van der Waals surface area contributed by atoms with Crippen LogP contribution in [0.4, 0.5) is 0 Å². The van der Waals surface area contributed by atoms with Crippen LogP contribution >= 0.6 is 12.2 Å². The number of rotatable bonds is 36. The minimum absolute atomic E-state index is 0.555. The Hall–Kier alpha value is -3.85. The van der Waals surface area contributed by atoms with Gasteiger partial charge in [-0.15, -0.1) is 0 Å². The lowest BCUT2D eigenvalue weighted by atomic mass is 9.92. The van der Waals surface area contributed by atoms with E-state index in [1.807, 2.05) is 7.05 Å². The maximum Gasteiger partial charge on any atom is 0.166 e. The zero-order chi connectivity index (χ0) is 44.9. The van der Waals surface area contributed by atoms with Crippen molar-refractivity contribution in [2.45, 2.75) is 176 Å². The van der Waals surface area contributed by atoms with Crippen LogP contribution in [0.25, 0.3) is 32.3 Å². The van der Waals surface area contributed by atoms with Gasteiger partial charge in [-0.2, -0.15) is 0 Å². The molecule has 0 amide bonds. The average molecular weight is 889 g/mol. The van der Waals surface area contributed by atoms with Crippen LogP contribution in [-0.4, -0.2) is 58.3 Å². The van der Waals surface area contributed by atoms with Crippen molar-refractivity contribution in [2.24, 2.45) is 0 Å². The zero-order valence-electron chi connectivity index (χ0n) is 40.3. The van der Waals surface area contributed by atoms with Crippen LogP contribution < -0.4 is 39.1 Å². The highest BCUT2D eigenvalue weighted by atomic mass is 32.1. The highest BCUT2D eigenvalue weighted by Gasteiger charge is 2.21. The Balaban J connectivity index is 1.95. The third-order valence-corrected chi connectivity index (χ3v) is 12.1. The van der Waals surface area contributed by atoms with Gasteiger partial charge in [-0.3, -0.25) is 0 Å². The molecular formula is C54H84N2O6S. The summed E-state index contributed by atoms with van der Waals surface area (Å²) in [5.74, 6) is 4.77. The molecule has 352 valence electrons. The molecule has 0 spiro atoms. The van der Waals surface area contributed by atoms with Crippen molar-refractivity contribution in [2.75, 3.05) is 53.2 Å². The lowest BCUT2D eigenvalue weighted by Crippen LogP contribution is -2.33. The van der Waals surface area contributed by atoms with E-state index in [1.165, 1.54) is 64.2 Å². The second-order valence-electron chi connectivity index (χ2n) is 17.1. The van der Waals surface area contributed by atoms with Gasteiger partial charge >= 0.3 is 0 Å². The fourth-order valence-electron chi connectivity index (χ4n) is 7.99. The molecule has 0 aliphatic rings. The summed E-state index contributed by atoms with van der Waals surface area (Å²) >= 11 is 5.31. The number of ether oxygens (including phenoxy) is 6. The molecule has 9 heteroatoms. The third kappa shape index (κ3) is 17.6. The lowest BCUT2D eigenvalue weighted by molar-refractivity contribution is 0.259. The van der Waals surface area contributed by atoms with Crippen LogP contribution in [0.15, 0.2) is 36.4 Å². The molecule has 0 fully saturated rings. The van der Waals surface area contributed by atoms with Gasteiger partial charge in [0.2, 0.25) is 0 Å². The standard InChI is InChI=1S/C54H84N2O6S/c1-7-12-17-23-30-57-42-36-46-44-39-49(59-32-25-19-14-9-3)48(58-31-24-18-13-8-2)38-43(44)45-40-50(60-33-26-20-15-10-4)51(61-34-27-21-16-11-5)41-47(45)53(46)52(37-42)62-35-28-22-29-56-54(63)55-6/h36-41H,7-35H2,1-6H3,(H2,55,56,63). The summed E-state index contributed by atoms with van der Waals surface area (Å²) in [6, 6.07) is 13.2. The Morgan fingerprint density at radius 2 is 0.714 bits per heavy atom. The molecule has 0 aromatic heterocycles. The van der Waals surface area contributed by atoms with E-state index in [9.17, 15) is 0 Å². The van der Waals surface area contributed by atoms with E-state index < -0.39 is 0 Å². The molecular weight excluding hydrogens is 805 g/mol. The molecule has 4 aromatic carbocycles. The monoisotopic (exact) mass is 889 g/mol. The second-order valence-corrected chi connectivity index (χ2v) is 17.5. The van der Waals surface area contributed by atoms with Gasteiger partial charge in [0.15, 0.2) is 28.1 Å². The number of fused-ring (bicyclic) bond motifs is 6. The quantitative estimate of drug-likeness (QED) is 0.0264. The molecule has 0 aliphatic heterocycles. The largest absolute Gasteiger partial charge is 0.493 e. The van der Waals surface area contributed by atoms with Gasteiger partial charge < -0.3 is 39.1 Å². The molecule has 0 bridgehead atoms. The summed E-state index contributed by atoms with van der Waals surface area (Å²) in [7, 11) is 1.84. The van der Waals surface area contributed by atoms with Crippen molar-refractivity contribution < 1.29 is 28.4 Å². The van der Waals surface area contributed by atoms with Gasteiger partial charge in [-0.05, 0) is 114 Å². The number of benzene rings is 4. The first-order valence-corrected chi connectivity index (χ1v) is 25.7. The summed E-state index contributed by atoms with van der Waals surface area (Å²) in [4.78, 5) is 0. The van der Waals surface area contributed by atoms with Crippen LogP contribution in [0, 0.1) is 0 Å². The molecule has 0 aliphatic carbocycles. The Morgan fingerprint density at radius 3 is 1.11 bits per heavy atom. The van der Waals surface area contributed by atoms with Crippen molar-refractivity contribution in [1.82, 2.24) is 10.6 Å². The van der Waals surface area contributed by atoms with Gasteiger partial charge in [-0.1, -0.05) is 131 Å². The Morgan fingerprint density at radius 1 is 0.381 bits per heavy atom. The maximum absolute atomic E-state index is 6.85. The van der Waals surface area contributed by atoms with Crippen molar-refractivity contribution >= 4 is 49.6 Å². The summed E-state index contributed by atoms with van der Waals surface area (Å²) in [5, 5.41) is 13.3. The molecule has 0 unspecified atom stereocenters. The minimum Gasteiger partial charge on any atom is -0.493 e. The highest BCUT2D eigenvalue weighted by Crippen LogP contribution is 2.48. The number of nitrogens with one attached hydrogen (secondary N) is 2. The smallest absolute Gasteiger partial charge is 0.166 e. The number of hydrogen-bond donors (Lipinski definition) is 2. The van der Waals surface area contributed by atoms with Gasteiger partial charge in [0.1, 0.15) is 11.5 Å². The zero-order valence-corrected chi connectivity index (χ0v) is 41.1. The van der Waals surface area contributed by atoms with E-state index in [-0.39, 0.29) is 0 Å². The summed E-state index contributed by atoms with van der Waals surface area (Å²) in [6.07, 6.45) is 24.5. The summed E-state index contributed by atoms with van der Waals surface area (Å²) in [6.45, 7) is 15.8. The summed E-state index contributed by atoms with van der Waals surface area (Å²) < 4.78 is 40.1. The normalized spacial score (nSPS) is 11.3. The fourth-order valence-corrected chi connectivity index (χ4v) is 8.09. The molecule has 63 heavy (non-hydrogen) atoms. The summed E-state index contributed by atoms with van der Waals surface area (Å²) in [5.41, 5.74) is 0. The van der Waals surface area contributed by atoms with Gasteiger partial charge in [0.05, 0.1) is 39.6 Å². The molecule has 0 heterocycles. The number of hydrogen-bond acceptors (Lipinski definition) is 7. The first-order valence-electron chi connectivity index (χ1n) is 25.3. The number of thiocarbonyl (C=S) groups is 1. The van der Waals surface area contributed by atoms with E-state index >= 15 is 0 Å². The van der Waals surface area contributed by atoms with Crippen LogP contribution in [0.2, 0.25) is 0 Å². The molecule has 0 atom stereocenters. The van der Waals surface area contributed by atoms with Crippen LogP contribution in [0.5, 0.6) is 34.5 Å². The van der Waals surface area contributed by atoms with Crippen LogP contribution in [-0.2, 0) is 0 Å². The lowest BCUT2D eigenvalue weighted by Gasteiger charge is -2.21. The Labute approximate surface area is 387 Å². The van der Waals surface area contributed by atoms with Gasteiger partial charge in [-0.25, -0.2) is 0 Å². The highest BCUT2D eigenvalue weighted by molar-refractivity contribution is 7.80. The van der Waals surface area contributed by atoms with Crippen molar-refractivity contribution in [3.63, 3.8) is 0 Å². The Kier molecular flexibility index (Phi) is 25.6. The molecule has 8 nitrogen and oxygen atoms in total. The predicted molar refractivity (Wildman–Crippen MR) is 272 cm³/mol. The molecule has 0 saturated heterocycles. The van der Waals surface area contributed by atoms with Crippen LogP contribution in [0.1, 0.15) is 176 Å². The maximum atomic E-state index is 6.85. The van der Waals surface area contributed by atoms with Gasteiger partial charge in [0.25, 0.3) is 0 Å². The van der Waals surface area contributed by atoms with E-state index in [4.69, 9.17) is 40.6 Å². The van der Waals surface area contributed by atoms with E-state index in [1.54, 1.807) is 0 Å².